The molecule has 1 saturated carbocycles. The molecule has 1 aromatic heterocycles. The van der Waals surface area contributed by atoms with Crippen LogP contribution in [0.5, 0.6) is 0 Å². The number of alkyl halides is 2. The summed E-state index contributed by atoms with van der Waals surface area (Å²) < 4.78 is 30.0. The summed E-state index contributed by atoms with van der Waals surface area (Å²) in [5.74, 6) is -0.535. The van der Waals surface area contributed by atoms with Gasteiger partial charge in [-0.25, -0.2) is 8.78 Å². The maximum absolute atomic E-state index is 13.8. The van der Waals surface area contributed by atoms with Gasteiger partial charge in [-0.1, -0.05) is 71.4 Å². The van der Waals surface area contributed by atoms with Crippen LogP contribution < -0.4 is 5.32 Å². The Bertz CT molecular complexity index is 1200. The number of hydrogen-bond acceptors (Lipinski definition) is 5. The van der Waals surface area contributed by atoms with E-state index in [2.05, 4.69) is 73.6 Å². The molecule has 2 aromatic rings. The molecule has 6 nitrogen and oxygen atoms in total. The smallest absolute Gasteiger partial charge is 0.248 e. The summed E-state index contributed by atoms with van der Waals surface area (Å²) in [7, 11) is 0. The number of aliphatic hydroxyl groups is 1. The Kier molecular flexibility index (Phi) is 10.8. The van der Waals surface area contributed by atoms with E-state index in [0.29, 0.717) is 36.4 Å². The fraction of sp³-hybridized carbons (Fsp3) is 0.784. The number of halogens is 2. The van der Waals surface area contributed by atoms with Crippen LogP contribution in [0.25, 0.3) is 0 Å². The Labute approximate surface area is 270 Å². The molecule has 1 aromatic carbocycles. The Morgan fingerprint density at radius 1 is 0.933 bits per heavy atom. The zero-order chi connectivity index (χ0) is 32.4. The minimum absolute atomic E-state index is 0.0204. The second-order valence-corrected chi connectivity index (χ2v) is 16.6. The van der Waals surface area contributed by atoms with E-state index in [9.17, 15) is 13.9 Å². The van der Waals surface area contributed by atoms with Crippen LogP contribution in [-0.4, -0.2) is 55.5 Å². The van der Waals surface area contributed by atoms with Gasteiger partial charge in [-0.15, -0.1) is 10.2 Å². The van der Waals surface area contributed by atoms with Crippen molar-refractivity contribution in [3.05, 3.63) is 47.5 Å². The van der Waals surface area contributed by atoms with Gasteiger partial charge in [0, 0.05) is 50.0 Å². The molecule has 2 N–H and O–H groups in total. The van der Waals surface area contributed by atoms with Crippen molar-refractivity contribution >= 4 is 0 Å². The molecule has 1 aliphatic carbocycles. The van der Waals surface area contributed by atoms with Crippen LogP contribution >= 0.6 is 0 Å². The predicted molar refractivity (Wildman–Crippen MR) is 177 cm³/mol. The van der Waals surface area contributed by atoms with E-state index in [0.717, 1.165) is 49.4 Å². The van der Waals surface area contributed by atoms with Crippen LogP contribution in [0, 0.1) is 23.7 Å². The van der Waals surface area contributed by atoms with Gasteiger partial charge in [0.15, 0.2) is 0 Å². The van der Waals surface area contributed by atoms with Crippen LogP contribution in [0.15, 0.2) is 30.3 Å². The highest BCUT2D eigenvalue weighted by Gasteiger charge is 2.43. The van der Waals surface area contributed by atoms with E-state index in [1.807, 2.05) is 18.2 Å². The maximum Gasteiger partial charge on any atom is 0.248 e. The lowest BCUT2D eigenvalue weighted by molar-refractivity contribution is -0.0684. The predicted octanol–water partition coefficient (Wildman–Crippen LogP) is 8.40. The van der Waals surface area contributed by atoms with E-state index in [-0.39, 0.29) is 30.2 Å². The average Bonchev–Trinajstić information content (AvgIpc) is 3.43. The van der Waals surface area contributed by atoms with Crippen LogP contribution in [0.2, 0.25) is 0 Å². The molecule has 0 amide bonds. The largest absolute Gasteiger partial charge is 0.378 e. The first-order valence-corrected chi connectivity index (χ1v) is 17.7. The molecular weight excluding hydrogens is 568 g/mol. The monoisotopic (exact) mass is 627 g/mol. The highest BCUT2D eigenvalue weighted by molar-refractivity contribution is 5.19. The topological polar surface area (TPSA) is 66.2 Å². The summed E-state index contributed by atoms with van der Waals surface area (Å²) in [5, 5.41) is 23.9. The van der Waals surface area contributed by atoms with Gasteiger partial charge >= 0.3 is 0 Å². The number of rotatable bonds is 13. The lowest BCUT2D eigenvalue weighted by Crippen LogP contribution is -2.46. The third-order valence-corrected chi connectivity index (χ3v) is 11.0. The molecule has 5 rings (SSSR count). The molecule has 3 aliphatic rings. The standard InChI is InChI=1S/C37H59F2N5O/c1-26-41-42-33(25-36(5,6)19-10-18-35(2,3)4)44(26)31-23-29-13-14-30(24-31)43(29)22-17-32(27-11-8-7-9-12-27)40-34(45)28-15-20-37(38,39)21-16-28/h7-9,11-12,28-32,34,40,45H,10,13-25H2,1-6H3. The van der Waals surface area contributed by atoms with Crippen molar-refractivity contribution in [2.75, 3.05) is 6.54 Å². The van der Waals surface area contributed by atoms with E-state index in [4.69, 9.17) is 5.10 Å². The Balaban J connectivity index is 1.21. The molecule has 0 spiro atoms. The molecule has 2 saturated heterocycles. The SMILES string of the molecule is Cc1nnc(CC(C)(C)CCCC(C)(C)C)n1C1CC2CCC(C1)N2CCC(NC(O)C1CCC(F)(F)CC1)c1ccccc1. The summed E-state index contributed by atoms with van der Waals surface area (Å²) in [4.78, 5) is 2.72. The summed E-state index contributed by atoms with van der Waals surface area (Å²) in [6, 6.07) is 11.8. The van der Waals surface area contributed by atoms with Gasteiger partial charge in [-0.2, -0.15) is 0 Å². The molecule has 0 radical (unpaired) electrons. The number of aryl methyl sites for hydroxylation is 1. The number of piperidine rings is 1. The summed E-state index contributed by atoms with van der Waals surface area (Å²) in [6.07, 6.45) is 9.86. The number of nitrogens with zero attached hydrogens (tertiary/aromatic N) is 4. The first kappa shape index (κ1) is 34.4. The highest BCUT2D eigenvalue weighted by atomic mass is 19.3. The number of benzene rings is 1. The molecule has 2 aliphatic heterocycles. The zero-order valence-corrected chi connectivity index (χ0v) is 28.7. The molecule has 252 valence electrons. The lowest BCUT2D eigenvalue weighted by atomic mass is 9.80. The quantitative estimate of drug-likeness (QED) is 0.218. The van der Waals surface area contributed by atoms with E-state index in [1.54, 1.807) is 0 Å². The molecule has 3 heterocycles. The van der Waals surface area contributed by atoms with Gasteiger partial charge in [0.05, 0.1) is 0 Å². The number of aliphatic hydroxyl groups excluding tert-OH is 1. The molecule has 4 atom stereocenters. The van der Waals surface area contributed by atoms with Crippen molar-refractivity contribution in [2.24, 2.45) is 16.7 Å². The average molecular weight is 628 g/mol. The molecular formula is C37H59F2N5O. The Morgan fingerprint density at radius 2 is 1.58 bits per heavy atom. The normalized spacial score (nSPS) is 25.8. The Morgan fingerprint density at radius 3 is 2.20 bits per heavy atom. The fourth-order valence-corrected chi connectivity index (χ4v) is 8.47. The van der Waals surface area contributed by atoms with Crippen molar-refractivity contribution in [3.8, 4) is 0 Å². The molecule has 4 unspecified atom stereocenters. The summed E-state index contributed by atoms with van der Waals surface area (Å²) in [6.45, 7) is 14.8. The fourth-order valence-electron chi connectivity index (χ4n) is 8.47. The minimum Gasteiger partial charge on any atom is -0.378 e. The van der Waals surface area contributed by atoms with Gasteiger partial charge in [-0.05, 0) is 87.0 Å². The van der Waals surface area contributed by atoms with Crippen LogP contribution in [-0.2, 0) is 6.42 Å². The van der Waals surface area contributed by atoms with E-state index >= 15 is 0 Å². The van der Waals surface area contributed by atoms with E-state index in [1.165, 1.54) is 32.1 Å². The first-order chi connectivity index (χ1) is 21.2. The lowest BCUT2D eigenvalue weighted by Gasteiger charge is -2.41. The number of nitrogens with one attached hydrogen (secondary N) is 1. The van der Waals surface area contributed by atoms with Gasteiger partial charge in [0.1, 0.15) is 17.9 Å². The van der Waals surface area contributed by atoms with E-state index < -0.39 is 12.2 Å². The number of hydrogen-bond donors (Lipinski definition) is 2. The summed E-state index contributed by atoms with van der Waals surface area (Å²) >= 11 is 0. The van der Waals surface area contributed by atoms with Crippen molar-refractivity contribution in [3.63, 3.8) is 0 Å². The van der Waals surface area contributed by atoms with Gasteiger partial charge in [0.2, 0.25) is 5.92 Å². The van der Waals surface area contributed by atoms with Crippen LogP contribution in [0.1, 0.15) is 141 Å². The van der Waals surface area contributed by atoms with Crippen LogP contribution in [0.3, 0.4) is 0 Å². The molecule has 8 heteroatoms. The number of fused-ring (bicyclic) bond motifs is 2. The summed E-state index contributed by atoms with van der Waals surface area (Å²) in [5.41, 5.74) is 1.70. The van der Waals surface area contributed by atoms with Crippen LogP contribution in [0.4, 0.5) is 8.78 Å². The number of aromatic nitrogens is 3. The molecule has 3 fully saturated rings. The third-order valence-electron chi connectivity index (χ3n) is 11.0. The van der Waals surface area contributed by atoms with Crippen molar-refractivity contribution in [2.45, 2.75) is 161 Å². The minimum atomic E-state index is -2.59. The Hall–Kier alpha value is -1.90. The van der Waals surface area contributed by atoms with Crippen molar-refractivity contribution in [1.29, 1.82) is 0 Å². The van der Waals surface area contributed by atoms with Crippen molar-refractivity contribution in [1.82, 2.24) is 25.0 Å². The molecule has 2 bridgehead atoms. The second-order valence-electron chi connectivity index (χ2n) is 16.6. The van der Waals surface area contributed by atoms with Gasteiger partial charge in [-0.3, -0.25) is 10.2 Å². The highest BCUT2D eigenvalue weighted by Crippen LogP contribution is 2.43. The maximum atomic E-state index is 13.8. The molecule has 45 heavy (non-hydrogen) atoms. The van der Waals surface area contributed by atoms with Gasteiger partial charge in [0.25, 0.3) is 0 Å². The first-order valence-electron chi connectivity index (χ1n) is 17.7. The third kappa shape index (κ3) is 9.13. The van der Waals surface area contributed by atoms with Crippen molar-refractivity contribution < 1.29 is 13.9 Å². The second kappa shape index (κ2) is 14.1. The van der Waals surface area contributed by atoms with Gasteiger partial charge < -0.3 is 9.67 Å². The zero-order valence-electron chi connectivity index (χ0n) is 28.7.